The summed E-state index contributed by atoms with van der Waals surface area (Å²) in [6.45, 7) is 0. The van der Waals surface area contributed by atoms with Crippen molar-refractivity contribution >= 4 is 22.5 Å². The van der Waals surface area contributed by atoms with Gasteiger partial charge in [0.2, 0.25) is 0 Å². The third kappa shape index (κ3) is 2.35. The molecular formula is C15H10N4. The monoisotopic (exact) mass is 246 g/mol. The van der Waals surface area contributed by atoms with Crippen molar-refractivity contribution in [2.75, 3.05) is 5.32 Å². The molecule has 4 nitrogen and oxygen atoms in total. The number of nitrogens with zero attached hydrogens (tertiary/aromatic N) is 3. The van der Waals surface area contributed by atoms with Crippen LogP contribution in [0.15, 0.2) is 54.7 Å². The number of rotatable bonds is 2. The third-order valence-electron chi connectivity index (χ3n) is 2.73. The second-order valence-corrected chi connectivity index (χ2v) is 4.06. The minimum Gasteiger partial charge on any atom is -0.339 e. The predicted octanol–water partition coefficient (Wildman–Crippen LogP) is 3.25. The van der Waals surface area contributed by atoms with E-state index in [0.717, 1.165) is 16.7 Å². The molecule has 0 radical (unpaired) electrons. The van der Waals surface area contributed by atoms with E-state index in [9.17, 15) is 0 Å². The zero-order valence-electron chi connectivity index (χ0n) is 10.0. The first-order valence-corrected chi connectivity index (χ1v) is 5.84. The molecule has 1 N–H and O–H groups in total. The van der Waals surface area contributed by atoms with Gasteiger partial charge in [0.25, 0.3) is 0 Å². The van der Waals surface area contributed by atoms with Gasteiger partial charge < -0.3 is 5.32 Å². The van der Waals surface area contributed by atoms with Crippen molar-refractivity contribution in [3.8, 4) is 6.07 Å². The number of fused-ring (bicyclic) bond motifs is 1. The largest absolute Gasteiger partial charge is 0.339 e. The Bertz CT molecular complexity index is 757. The van der Waals surface area contributed by atoms with Crippen molar-refractivity contribution in [1.29, 1.82) is 5.26 Å². The molecule has 0 aliphatic carbocycles. The summed E-state index contributed by atoms with van der Waals surface area (Å²) >= 11 is 0. The zero-order chi connectivity index (χ0) is 13.1. The molecule has 1 aromatic heterocycles. The molecule has 3 aromatic rings. The van der Waals surface area contributed by atoms with Crippen LogP contribution in [0.4, 0.5) is 11.5 Å². The Balaban J connectivity index is 1.90. The SMILES string of the molecule is N#Cc1ccc(Nc2cnc3ccccc3n2)cc1. The van der Waals surface area contributed by atoms with Crippen LogP contribution in [0.5, 0.6) is 0 Å². The number of aromatic nitrogens is 2. The molecule has 0 unspecified atom stereocenters. The molecule has 0 bridgehead atoms. The number of benzene rings is 2. The van der Waals surface area contributed by atoms with E-state index in [1.807, 2.05) is 36.4 Å². The van der Waals surface area contributed by atoms with E-state index in [1.54, 1.807) is 18.3 Å². The summed E-state index contributed by atoms with van der Waals surface area (Å²) in [4.78, 5) is 8.81. The average molecular weight is 246 g/mol. The van der Waals surface area contributed by atoms with Gasteiger partial charge in [-0.25, -0.2) is 4.98 Å². The molecular weight excluding hydrogens is 236 g/mol. The van der Waals surface area contributed by atoms with Crippen LogP contribution in [0.25, 0.3) is 11.0 Å². The second-order valence-electron chi connectivity index (χ2n) is 4.06. The number of hydrogen-bond donors (Lipinski definition) is 1. The van der Waals surface area contributed by atoms with E-state index in [-0.39, 0.29) is 0 Å². The van der Waals surface area contributed by atoms with E-state index in [1.165, 1.54) is 0 Å². The number of nitrogens with one attached hydrogen (secondary N) is 1. The fourth-order valence-corrected chi connectivity index (χ4v) is 1.79. The molecule has 3 rings (SSSR count). The fourth-order valence-electron chi connectivity index (χ4n) is 1.79. The Labute approximate surface area is 110 Å². The molecule has 0 saturated heterocycles. The maximum atomic E-state index is 8.74. The van der Waals surface area contributed by atoms with Crippen LogP contribution in [0, 0.1) is 11.3 Å². The van der Waals surface area contributed by atoms with Crippen LogP contribution in [-0.2, 0) is 0 Å². The highest BCUT2D eigenvalue weighted by Crippen LogP contribution is 2.17. The van der Waals surface area contributed by atoms with Gasteiger partial charge in [-0.3, -0.25) is 4.98 Å². The lowest BCUT2D eigenvalue weighted by Gasteiger charge is -2.06. The quantitative estimate of drug-likeness (QED) is 0.754. The summed E-state index contributed by atoms with van der Waals surface area (Å²) in [6, 6.07) is 17.0. The lowest BCUT2D eigenvalue weighted by Crippen LogP contribution is -1.95. The van der Waals surface area contributed by atoms with E-state index in [2.05, 4.69) is 21.4 Å². The lowest BCUT2D eigenvalue weighted by atomic mass is 10.2. The highest BCUT2D eigenvalue weighted by atomic mass is 15.0. The van der Waals surface area contributed by atoms with Crippen LogP contribution in [-0.4, -0.2) is 9.97 Å². The zero-order valence-corrected chi connectivity index (χ0v) is 10.0. The van der Waals surface area contributed by atoms with Gasteiger partial charge in [-0.05, 0) is 36.4 Å². The Morgan fingerprint density at radius 1 is 0.947 bits per heavy atom. The van der Waals surface area contributed by atoms with Gasteiger partial charge in [0.05, 0.1) is 28.9 Å². The molecule has 19 heavy (non-hydrogen) atoms. The van der Waals surface area contributed by atoms with Gasteiger partial charge in [-0.15, -0.1) is 0 Å². The first kappa shape index (κ1) is 11.2. The van der Waals surface area contributed by atoms with Crippen LogP contribution < -0.4 is 5.32 Å². The van der Waals surface area contributed by atoms with Gasteiger partial charge in [-0.1, -0.05) is 12.1 Å². The van der Waals surface area contributed by atoms with Crippen LogP contribution in [0.3, 0.4) is 0 Å². The summed E-state index contributed by atoms with van der Waals surface area (Å²) in [7, 11) is 0. The number of hydrogen-bond acceptors (Lipinski definition) is 4. The van der Waals surface area contributed by atoms with Gasteiger partial charge in [0.1, 0.15) is 5.82 Å². The Morgan fingerprint density at radius 2 is 1.68 bits per heavy atom. The van der Waals surface area contributed by atoms with Gasteiger partial charge in [-0.2, -0.15) is 5.26 Å². The lowest BCUT2D eigenvalue weighted by molar-refractivity contribution is 1.28. The fraction of sp³-hybridized carbons (Fsp3) is 0. The summed E-state index contributed by atoms with van der Waals surface area (Å²) in [5.74, 6) is 0.684. The normalized spacial score (nSPS) is 10.1. The maximum absolute atomic E-state index is 8.74. The molecule has 0 fully saturated rings. The topological polar surface area (TPSA) is 61.6 Å². The highest BCUT2D eigenvalue weighted by Gasteiger charge is 2.00. The van der Waals surface area contributed by atoms with Crippen LogP contribution in [0.2, 0.25) is 0 Å². The summed E-state index contributed by atoms with van der Waals surface area (Å²) in [5, 5.41) is 11.9. The summed E-state index contributed by atoms with van der Waals surface area (Å²) in [5.41, 5.74) is 3.23. The van der Waals surface area contributed by atoms with E-state index >= 15 is 0 Å². The molecule has 90 valence electrons. The Morgan fingerprint density at radius 3 is 2.42 bits per heavy atom. The minimum atomic E-state index is 0.634. The smallest absolute Gasteiger partial charge is 0.149 e. The van der Waals surface area contributed by atoms with Crippen LogP contribution in [0.1, 0.15) is 5.56 Å². The Hall–Kier alpha value is -2.93. The van der Waals surface area contributed by atoms with Gasteiger partial charge in [0.15, 0.2) is 0 Å². The van der Waals surface area contributed by atoms with E-state index in [0.29, 0.717) is 11.4 Å². The van der Waals surface area contributed by atoms with Crippen molar-refractivity contribution in [3.63, 3.8) is 0 Å². The standard InChI is InChI=1S/C15H10N4/c16-9-11-5-7-12(8-6-11)18-15-10-17-13-3-1-2-4-14(13)19-15/h1-8,10H,(H,18,19). The number of nitriles is 1. The highest BCUT2D eigenvalue weighted by molar-refractivity contribution is 5.76. The van der Waals surface area contributed by atoms with Crippen LogP contribution >= 0.6 is 0 Å². The van der Waals surface area contributed by atoms with Crippen molar-refractivity contribution < 1.29 is 0 Å². The van der Waals surface area contributed by atoms with Crippen molar-refractivity contribution in [3.05, 3.63) is 60.3 Å². The van der Waals surface area contributed by atoms with Gasteiger partial charge >= 0.3 is 0 Å². The molecule has 4 heteroatoms. The predicted molar refractivity (Wildman–Crippen MR) is 74.0 cm³/mol. The molecule has 0 amide bonds. The molecule has 0 aliphatic heterocycles. The average Bonchev–Trinajstić information content (AvgIpc) is 2.48. The molecule has 1 heterocycles. The summed E-state index contributed by atoms with van der Waals surface area (Å²) < 4.78 is 0. The van der Waals surface area contributed by atoms with Crippen molar-refractivity contribution in [2.24, 2.45) is 0 Å². The van der Waals surface area contributed by atoms with Crippen molar-refractivity contribution in [2.45, 2.75) is 0 Å². The van der Waals surface area contributed by atoms with Gasteiger partial charge in [0, 0.05) is 5.69 Å². The molecule has 0 saturated carbocycles. The molecule has 0 aliphatic rings. The third-order valence-corrected chi connectivity index (χ3v) is 2.73. The molecule has 0 atom stereocenters. The van der Waals surface area contributed by atoms with E-state index < -0.39 is 0 Å². The minimum absolute atomic E-state index is 0.634. The number of anilines is 2. The first-order valence-electron chi connectivity index (χ1n) is 5.84. The van der Waals surface area contributed by atoms with E-state index in [4.69, 9.17) is 5.26 Å². The maximum Gasteiger partial charge on any atom is 0.149 e. The van der Waals surface area contributed by atoms with Crippen molar-refractivity contribution in [1.82, 2.24) is 9.97 Å². The molecule has 2 aromatic carbocycles. The molecule has 0 spiro atoms. The number of para-hydroxylation sites is 2. The second kappa shape index (κ2) is 4.75. The first-order chi connectivity index (χ1) is 9.35. The Kier molecular flexibility index (Phi) is 2.79. The summed E-state index contributed by atoms with van der Waals surface area (Å²) in [6.07, 6.45) is 1.69.